The zero-order valence-corrected chi connectivity index (χ0v) is 11.4. The Kier molecular flexibility index (Phi) is 5.08. The Balaban J connectivity index is 2.03. The Bertz CT molecular complexity index is 377. The van der Waals surface area contributed by atoms with E-state index in [1.807, 2.05) is 6.20 Å². The smallest absolute Gasteiger partial charge is 0.130 e. The van der Waals surface area contributed by atoms with Crippen molar-refractivity contribution in [3.8, 4) is 0 Å². The van der Waals surface area contributed by atoms with E-state index in [1.165, 1.54) is 24.1 Å². The van der Waals surface area contributed by atoms with Crippen molar-refractivity contribution in [2.45, 2.75) is 45.1 Å². The van der Waals surface area contributed by atoms with Crippen LogP contribution in [0.5, 0.6) is 0 Å². The van der Waals surface area contributed by atoms with Crippen LogP contribution in [0.1, 0.15) is 49.2 Å². The minimum Gasteiger partial charge on any atom is -0.384 e. The van der Waals surface area contributed by atoms with Gasteiger partial charge < -0.3 is 10.1 Å². The third-order valence-corrected chi connectivity index (χ3v) is 3.18. The predicted molar refractivity (Wildman–Crippen MR) is 71.6 cm³/mol. The van der Waals surface area contributed by atoms with Crippen molar-refractivity contribution >= 4 is 0 Å². The molecule has 1 aromatic heterocycles. The van der Waals surface area contributed by atoms with Crippen LogP contribution in [0.2, 0.25) is 0 Å². The van der Waals surface area contributed by atoms with Gasteiger partial charge in [-0.15, -0.1) is 0 Å². The molecule has 0 spiro atoms. The first-order valence-corrected chi connectivity index (χ1v) is 6.89. The molecule has 1 saturated carbocycles. The van der Waals surface area contributed by atoms with Crippen molar-refractivity contribution in [3.05, 3.63) is 23.3 Å². The largest absolute Gasteiger partial charge is 0.384 e. The number of ether oxygens (including phenoxy) is 1. The second kappa shape index (κ2) is 6.81. The van der Waals surface area contributed by atoms with Crippen molar-refractivity contribution in [2.24, 2.45) is 0 Å². The first-order valence-electron chi connectivity index (χ1n) is 6.89. The van der Waals surface area contributed by atoms with Crippen LogP contribution < -0.4 is 5.32 Å². The molecule has 0 unspecified atom stereocenters. The van der Waals surface area contributed by atoms with E-state index < -0.39 is 0 Å². The topological polar surface area (TPSA) is 47.0 Å². The van der Waals surface area contributed by atoms with E-state index in [9.17, 15) is 0 Å². The fourth-order valence-electron chi connectivity index (χ4n) is 2.02. The minimum absolute atomic E-state index is 0.674. The van der Waals surface area contributed by atoms with Gasteiger partial charge in [0, 0.05) is 37.8 Å². The fraction of sp³-hybridized carbons (Fsp3) is 0.714. The van der Waals surface area contributed by atoms with E-state index in [2.05, 4.69) is 17.2 Å². The summed E-state index contributed by atoms with van der Waals surface area (Å²) in [5.74, 6) is 1.59. The van der Waals surface area contributed by atoms with Gasteiger partial charge in [0.2, 0.25) is 0 Å². The zero-order valence-electron chi connectivity index (χ0n) is 11.4. The fourth-order valence-corrected chi connectivity index (χ4v) is 2.02. The number of hydrogen-bond donors (Lipinski definition) is 1. The highest BCUT2D eigenvalue weighted by Crippen LogP contribution is 2.40. The highest BCUT2D eigenvalue weighted by Gasteiger charge is 2.28. The molecule has 0 aromatic carbocycles. The van der Waals surface area contributed by atoms with Crippen LogP contribution >= 0.6 is 0 Å². The van der Waals surface area contributed by atoms with Crippen LogP contribution in [0.15, 0.2) is 6.20 Å². The van der Waals surface area contributed by atoms with Gasteiger partial charge in [0.05, 0.1) is 12.3 Å². The van der Waals surface area contributed by atoms with E-state index in [4.69, 9.17) is 9.72 Å². The molecule has 1 heterocycles. The molecule has 1 N–H and O–H groups in total. The van der Waals surface area contributed by atoms with Gasteiger partial charge in [-0.3, -0.25) is 0 Å². The Hall–Kier alpha value is -1.00. The van der Waals surface area contributed by atoms with E-state index in [0.29, 0.717) is 12.5 Å². The molecule has 4 heteroatoms. The third kappa shape index (κ3) is 3.75. The maximum Gasteiger partial charge on any atom is 0.130 e. The number of hydrogen-bond acceptors (Lipinski definition) is 4. The van der Waals surface area contributed by atoms with Crippen molar-refractivity contribution < 1.29 is 4.74 Å². The van der Waals surface area contributed by atoms with Crippen molar-refractivity contribution in [3.63, 3.8) is 0 Å². The summed E-state index contributed by atoms with van der Waals surface area (Å²) >= 11 is 0. The standard InChI is InChI=1S/C14H23N3O/c1-3-7-15-9-12-10-16-13(6-8-18-2)17-14(12)11-4-5-11/h10-11,15H,3-9H2,1-2H3. The number of methoxy groups -OCH3 is 1. The summed E-state index contributed by atoms with van der Waals surface area (Å²) in [5, 5.41) is 3.43. The van der Waals surface area contributed by atoms with Crippen LogP contribution in [0.4, 0.5) is 0 Å². The van der Waals surface area contributed by atoms with Crippen LogP contribution in [-0.4, -0.2) is 30.2 Å². The molecule has 0 amide bonds. The molecule has 0 atom stereocenters. The summed E-state index contributed by atoms with van der Waals surface area (Å²) in [7, 11) is 1.71. The van der Waals surface area contributed by atoms with Gasteiger partial charge in [0.15, 0.2) is 0 Å². The molecule has 1 fully saturated rings. The Labute approximate surface area is 109 Å². The second-order valence-corrected chi connectivity index (χ2v) is 4.89. The van der Waals surface area contributed by atoms with Gasteiger partial charge in [-0.05, 0) is 25.8 Å². The monoisotopic (exact) mass is 249 g/mol. The molecule has 0 aliphatic heterocycles. The SMILES string of the molecule is CCCNCc1cnc(CCOC)nc1C1CC1. The van der Waals surface area contributed by atoms with Crippen LogP contribution in [-0.2, 0) is 17.7 Å². The molecule has 1 aromatic rings. The Morgan fingerprint density at radius 2 is 2.28 bits per heavy atom. The van der Waals surface area contributed by atoms with E-state index in [0.717, 1.165) is 31.8 Å². The first kappa shape index (κ1) is 13.4. The van der Waals surface area contributed by atoms with Crippen molar-refractivity contribution in [1.29, 1.82) is 0 Å². The molecule has 18 heavy (non-hydrogen) atoms. The van der Waals surface area contributed by atoms with Crippen LogP contribution in [0, 0.1) is 0 Å². The Morgan fingerprint density at radius 3 is 2.94 bits per heavy atom. The van der Waals surface area contributed by atoms with Gasteiger partial charge in [0.1, 0.15) is 5.82 Å². The minimum atomic E-state index is 0.674. The molecule has 4 nitrogen and oxygen atoms in total. The van der Waals surface area contributed by atoms with Gasteiger partial charge in [-0.25, -0.2) is 9.97 Å². The first-order chi connectivity index (χ1) is 8.85. The molecular weight excluding hydrogens is 226 g/mol. The number of nitrogens with one attached hydrogen (secondary N) is 1. The molecule has 0 bridgehead atoms. The summed E-state index contributed by atoms with van der Waals surface area (Å²) in [6, 6.07) is 0. The van der Waals surface area contributed by atoms with E-state index in [1.54, 1.807) is 7.11 Å². The lowest BCUT2D eigenvalue weighted by Gasteiger charge is -2.10. The quantitative estimate of drug-likeness (QED) is 0.716. The van der Waals surface area contributed by atoms with Gasteiger partial charge in [0.25, 0.3) is 0 Å². The van der Waals surface area contributed by atoms with Gasteiger partial charge >= 0.3 is 0 Å². The summed E-state index contributed by atoms with van der Waals surface area (Å²) in [4.78, 5) is 9.15. The lowest BCUT2D eigenvalue weighted by Crippen LogP contribution is -2.16. The molecule has 100 valence electrons. The second-order valence-electron chi connectivity index (χ2n) is 4.89. The third-order valence-electron chi connectivity index (χ3n) is 3.18. The van der Waals surface area contributed by atoms with Gasteiger partial charge in [-0.2, -0.15) is 0 Å². The normalized spacial score (nSPS) is 15.0. The van der Waals surface area contributed by atoms with E-state index >= 15 is 0 Å². The number of aromatic nitrogens is 2. The molecule has 1 aliphatic carbocycles. The van der Waals surface area contributed by atoms with E-state index in [-0.39, 0.29) is 0 Å². The van der Waals surface area contributed by atoms with Gasteiger partial charge in [-0.1, -0.05) is 6.92 Å². The lowest BCUT2D eigenvalue weighted by molar-refractivity contribution is 0.200. The Morgan fingerprint density at radius 1 is 1.44 bits per heavy atom. The predicted octanol–water partition coefficient (Wildman–Crippen LogP) is 2.04. The van der Waals surface area contributed by atoms with Crippen LogP contribution in [0.25, 0.3) is 0 Å². The summed E-state index contributed by atoms with van der Waals surface area (Å²) in [5.41, 5.74) is 2.53. The maximum absolute atomic E-state index is 5.08. The average Bonchev–Trinajstić information content (AvgIpc) is 3.22. The maximum atomic E-state index is 5.08. The average molecular weight is 249 g/mol. The zero-order chi connectivity index (χ0) is 12.8. The molecule has 2 rings (SSSR count). The molecular formula is C14H23N3O. The van der Waals surface area contributed by atoms with Crippen molar-refractivity contribution in [1.82, 2.24) is 15.3 Å². The summed E-state index contributed by atoms with van der Waals surface area (Å²) in [6.45, 7) is 4.82. The highest BCUT2D eigenvalue weighted by atomic mass is 16.5. The molecule has 1 aliphatic rings. The lowest BCUT2D eigenvalue weighted by atomic mass is 10.1. The number of nitrogens with zero attached hydrogens (tertiary/aromatic N) is 2. The van der Waals surface area contributed by atoms with Crippen LogP contribution in [0.3, 0.4) is 0 Å². The molecule has 0 saturated heterocycles. The van der Waals surface area contributed by atoms with Crippen molar-refractivity contribution in [2.75, 3.05) is 20.3 Å². The summed E-state index contributed by atoms with van der Waals surface area (Å²) < 4.78 is 5.08. The molecule has 0 radical (unpaired) electrons. The highest BCUT2D eigenvalue weighted by molar-refractivity contribution is 5.25. The summed E-state index contributed by atoms with van der Waals surface area (Å²) in [6.07, 6.45) is 6.52. The number of rotatable bonds is 8.